The molecule has 0 saturated carbocycles. The van der Waals surface area contributed by atoms with Crippen molar-refractivity contribution in [1.82, 2.24) is 9.97 Å². The van der Waals surface area contributed by atoms with Crippen molar-refractivity contribution in [2.75, 3.05) is 0 Å². The molecule has 0 aliphatic heterocycles. The molecule has 0 unspecified atom stereocenters. The van der Waals surface area contributed by atoms with Crippen LogP contribution in [0.4, 0.5) is 0 Å². The van der Waals surface area contributed by atoms with Crippen LogP contribution in [0, 0.1) is 6.92 Å². The van der Waals surface area contributed by atoms with Gasteiger partial charge in [0.15, 0.2) is 0 Å². The number of rotatable bonds is 0. The van der Waals surface area contributed by atoms with Crippen molar-refractivity contribution >= 4 is 21.8 Å². The number of aromatic nitrogens is 2. The van der Waals surface area contributed by atoms with Crippen molar-refractivity contribution in [2.45, 2.75) is 13.3 Å². The molecule has 0 N–H and O–H groups in total. The van der Waals surface area contributed by atoms with Crippen molar-refractivity contribution in [3.8, 4) is 11.3 Å². The molecule has 0 amide bonds. The fraction of sp³-hybridized carbons (Fsp3) is 0.100. The Balaban J connectivity index is 1.97. The number of fused-ring (bicyclic) bond motifs is 6. The lowest BCUT2D eigenvalue weighted by atomic mass is 10.00. The fourth-order valence-corrected chi connectivity index (χ4v) is 3.60. The molecule has 0 fully saturated rings. The Kier molecular flexibility index (Phi) is 2.23. The molecule has 0 bridgehead atoms. The quantitative estimate of drug-likeness (QED) is 0.386. The lowest BCUT2D eigenvalue weighted by Crippen LogP contribution is -1.94. The predicted octanol–water partition coefficient (Wildman–Crippen LogP) is 4.66. The van der Waals surface area contributed by atoms with Crippen molar-refractivity contribution < 1.29 is 0 Å². The SMILES string of the molecule is Cc1c2c(nc3c1ccc1cccnc13)-c1ccccc1C2. The van der Waals surface area contributed by atoms with Crippen LogP contribution in [-0.4, -0.2) is 9.97 Å². The van der Waals surface area contributed by atoms with Gasteiger partial charge in [0.25, 0.3) is 0 Å². The zero-order valence-electron chi connectivity index (χ0n) is 12.3. The number of nitrogens with zero attached hydrogens (tertiary/aromatic N) is 2. The lowest BCUT2D eigenvalue weighted by molar-refractivity contribution is 1.21. The van der Waals surface area contributed by atoms with E-state index in [1.807, 2.05) is 12.3 Å². The Labute approximate surface area is 128 Å². The Morgan fingerprint density at radius 1 is 0.909 bits per heavy atom. The third kappa shape index (κ3) is 1.44. The highest BCUT2D eigenvalue weighted by Crippen LogP contribution is 2.40. The number of hydrogen-bond acceptors (Lipinski definition) is 2. The molecule has 0 radical (unpaired) electrons. The second kappa shape index (κ2) is 4.14. The smallest absolute Gasteiger partial charge is 0.0974 e. The summed E-state index contributed by atoms with van der Waals surface area (Å²) >= 11 is 0. The van der Waals surface area contributed by atoms with Gasteiger partial charge in [0.1, 0.15) is 0 Å². The number of pyridine rings is 2. The van der Waals surface area contributed by atoms with Gasteiger partial charge in [-0.2, -0.15) is 0 Å². The normalized spacial score (nSPS) is 12.6. The zero-order valence-corrected chi connectivity index (χ0v) is 12.3. The minimum Gasteiger partial charge on any atom is -0.254 e. The van der Waals surface area contributed by atoms with Crippen LogP contribution < -0.4 is 0 Å². The third-order valence-electron chi connectivity index (χ3n) is 4.75. The topological polar surface area (TPSA) is 25.8 Å². The summed E-state index contributed by atoms with van der Waals surface area (Å²) in [7, 11) is 0. The second-order valence-corrected chi connectivity index (χ2v) is 5.93. The van der Waals surface area contributed by atoms with Gasteiger partial charge >= 0.3 is 0 Å². The van der Waals surface area contributed by atoms with E-state index >= 15 is 0 Å². The van der Waals surface area contributed by atoms with E-state index in [0.717, 1.165) is 28.5 Å². The highest BCUT2D eigenvalue weighted by Gasteiger charge is 2.23. The van der Waals surface area contributed by atoms with Gasteiger partial charge in [-0.1, -0.05) is 42.5 Å². The van der Waals surface area contributed by atoms with Crippen LogP contribution in [0.2, 0.25) is 0 Å². The van der Waals surface area contributed by atoms with Gasteiger partial charge in [0.2, 0.25) is 0 Å². The van der Waals surface area contributed by atoms with Crippen LogP contribution in [0.1, 0.15) is 16.7 Å². The van der Waals surface area contributed by atoms with Gasteiger partial charge in [-0.05, 0) is 29.7 Å². The Hall–Kier alpha value is -2.74. The standard InChI is InChI=1S/C20H14N2/c1-12-15-9-8-13-6-4-10-21-18(13)20(15)22-19-16-7-3-2-5-14(16)11-17(12)19/h2-10H,11H2,1H3. The number of hydrogen-bond donors (Lipinski definition) is 0. The first-order valence-corrected chi connectivity index (χ1v) is 7.58. The summed E-state index contributed by atoms with van der Waals surface area (Å²) in [5.41, 5.74) is 8.50. The van der Waals surface area contributed by atoms with Gasteiger partial charge in [-0.3, -0.25) is 4.98 Å². The molecule has 0 spiro atoms. The van der Waals surface area contributed by atoms with E-state index in [-0.39, 0.29) is 0 Å². The van der Waals surface area contributed by atoms with Crippen molar-refractivity contribution in [2.24, 2.45) is 0 Å². The maximum absolute atomic E-state index is 5.02. The molecule has 2 heterocycles. The average Bonchev–Trinajstić information content (AvgIpc) is 2.94. The first kappa shape index (κ1) is 11.9. The van der Waals surface area contributed by atoms with Crippen molar-refractivity contribution in [1.29, 1.82) is 0 Å². The molecule has 2 aromatic heterocycles. The van der Waals surface area contributed by atoms with Crippen LogP contribution in [-0.2, 0) is 6.42 Å². The second-order valence-electron chi connectivity index (χ2n) is 5.93. The number of aryl methyl sites for hydroxylation is 1. The first-order valence-electron chi connectivity index (χ1n) is 7.58. The fourth-order valence-electron chi connectivity index (χ4n) is 3.60. The minimum atomic E-state index is 0.987. The molecule has 2 nitrogen and oxygen atoms in total. The van der Waals surface area contributed by atoms with E-state index in [9.17, 15) is 0 Å². The average molecular weight is 282 g/mol. The van der Waals surface area contributed by atoms with Gasteiger partial charge < -0.3 is 0 Å². The van der Waals surface area contributed by atoms with E-state index in [4.69, 9.17) is 4.98 Å². The molecule has 0 atom stereocenters. The van der Waals surface area contributed by atoms with Crippen LogP contribution >= 0.6 is 0 Å². The molecule has 2 aromatic carbocycles. The summed E-state index contributed by atoms with van der Waals surface area (Å²) in [6.07, 6.45) is 2.83. The molecule has 104 valence electrons. The Morgan fingerprint density at radius 3 is 2.77 bits per heavy atom. The van der Waals surface area contributed by atoms with Crippen LogP contribution in [0.5, 0.6) is 0 Å². The summed E-state index contributed by atoms with van der Waals surface area (Å²) in [5, 5.41) is 2.37. The monoisotopic (exact) mass is 282 g/mol. The molecular weight excluding hydrogens is 268 g/mol. The maximum atomic E-state index is 5.02. The zero-order chi connectivity index (χ0) is 14.7. The molecule has 0 saturated heterocycles. The molecule has 22 heavy (non-hydrogen) atoms. The predicted molar refractivity (Wildman–Crippen MR) is 90.0 cm³/mol. The van der Waals surface area contributed by atoms with Crippen LogP contribution in [0.15, 0.2) is 54.7 Å². The van der Waals surface area contributed by atoms with Gasteiger partial charge in [0.05, 0.1) is 16.7 Å². The van der Waals surface area contributed by atoms with E-state index in [1.165, 1.54) is 27.6 Å². The van der Waals surface area contributed by atoms with Crippen molar-refractivity contribution in [3.05, 3.63) is 71.4 Å². The Morgan fingerprint density at radius 2 is 1.82 bits per heavy atom. The highest BCUT2D eigenvalue weighted by molar-refractivity contribution is 6.05. The summed E-state index contributed by atoms with van der Waals surface area (Å²) in [6.45, 7) is 2.21. The summed E-state index contributed by atoms with van der Waals surface area (Å²) in [4.78, 5) is 9.59. The minimum absolute atomic E-state index is 0.987. The lowest BCUT2D eigenvalue weighted by Gasteiger charge is -2.10. The highest BCUT2D eigenvalue weighted by atomic mass is 14.8. The first-order chi connectivity index (χ1) is 10.8. The van der Waals surface area contributed by atoms with E-state index in [0.29, 0.717) is 0 Å². The van der Waals surface area contributed by atoms with Crippen molar-refractivity contribution in [3.63, 3.8) is 0 Å². The summed E-state index contributed by atoms with van der Waals surface area (Å²) in [6, 6.07) is 17.0. The van der Waals surface area contributed by atoms with Crippen LogP contribution in [0.3, 0.4) is 0 Å². The molecule has 2 heteroatoms. The molecular formula is C20H14N2. The van der Waals surface area contributed by atoms with Crippen LogP contribution in [0.25, 0.3) is 33.1 Å². The number of benzene rings is 2. The van der Waals surface area contributed by atoms with E-state index in [2.05, 4.69) is 54.4 Å². The van der Waals surface area contributed by atoms with Gasteiger partial charge in [-0.15, -0.1) is 0 Å². The maximum Gasteiger partial charge on any atom is 0.0974 e. The third-order valence-corrected chi connectivity index (χ3v) is 4.75. The molecule has 1 aliphatic carbocycles. The summed E-state index contributed by atoms with van der Waals surface area (Å²) in [5.74, 6) is 0. The van der Waals surface area contributed by atoms with E-state index in [1.54, 1.807) is 0 Å². The van der Waals surface area contributed by atoms with Gasteiger partial charge in [0, 0.05) is 29.0 Å². The molecule has 1 aliphatic rings. The largest absolute Gasteiger partial charge is 0.254 e. The molecule has 4 aromatic rings. The Bertz CT molecular complexity index is 1060. The molecule has 5 rings (SSSR count). The summed E-state index contributed by atoms with van der Waals surface area (Å²) < 4.78 is 0. The van der Waals surface area contributed by atoms with E-state index < -0.39 is 0 Å². The van der Waals surface area contributed by atoms with Gasteiger partial charge in [-0.25, -0.2) is 4.98 Å².